The van der Waals surface area contributed by atoms with Gasteiger partial charge in [0.2, 0.25) is 0 Å². The van der Waals surface area contributed by atoms with Crippen LogP contribution in [-0.4, -0.2) is 23.5 Å². The summed E-state index contributed by atoms with van der Waals surface area (Å²) in [6, 6.07) is 0. The molecule has 0 saturated carbocycles. The van der Waals surface area contributed by atoms with Crippen molar-refractivity contribution in [3.05, 3.63) is 0 Å². The first-order valence-corrected chi connectivity index (χ1v) is 4.63. The van der Waals surface area contributed by atoms with Gasteiger partial charge in [-0.05, 0) is 12.8 Å². The van der Waals surface area contributed by atoms with E-state index in [9.17, 15) is 0 Å². The predicted octanol–water partition coefficient (Wildman–Crippen LogP) is 1.56. The number of oxime groups is 1. The molecule has 0 fully saturated rings. The fraction of sp³-hybridized carbons (Fsp3) is 0.889. The minimum absolute atomic E-state index is 0.0697. The molecule has 0 bridgehead atoms. The number of hydrogen-bond acceptors (Lipinski definition) is 3. The van der Waals surface area contributed by atoms with Crippen LogP contribution in [-0.2, 0) is 4.84 Å². The summed E-state index contributed by atoms with van der Waals surface area (Å²) in [6.07, 6.45) is 3.24. The van der Waals surface area contributed by atoms with Crippen molar-refractivity contribution in [2.45, 2.75) is 39.2 Å². The van der Waals surface area contributed by atoms with Gasteiger partial charge in [0.1, 0.15) is 0 Å². The lowest BCUT2D eigenvalue weighted by molar-refractivity contribution is 0.0211. The molecule has 1 rings (SSSR count). The summed E-state index contributed by atoms with van der Waals surface area (Å²) in [6.45, 7) is 4.28. The van der Waals surface area contributed by atoms with Crippen molar-refractivity contribution in [2.24, 2.45) is 11.1 Å². The molecule has 0 spiro atoms. The van der Waals surface area contributed by atoms with Gasteiger partial charge in [0.15, 0.2) is 6.10 Å². The Kier molecular flexibility index (Phi) is 3.53. The third-order valence-electron chi connectivity index (χ3n) is 2.36. The van der Waals surface area contributed by atoms with E-state index >= 15 is 0 Å². The third kappa shape index (κ3) is 1.97. The SMILES string of the molecule is CCCCC1=NO[C@H](CO)[C@H]1C. The van der Waals surface area contributed by atoms with Crippen molar-refractivity contribution in [1.82, 2.24) is 0 Å². The molecule has 70 valence electrons. The lowest BCUT2D eigenvalue weighted by atomic mass is 9.96. The van der Waals surface area contributed by atoms with E-state index in [0.29, 0.717) is 5.92 Å². The minimum atomic E-state index is -0.100. The largest absolute Gasteiger partial charge is 0.392 e. The summed E-state index contributed by atoms with van der Waals surface area (Å²) in [5.74, 6) is 0.293. The second kappa shape index (κ2) is 4.45. The zero-order valence-electron chi connectivity index (χ0n) is 7.79. The number of unbranched alkanes of at least 4 members (excludes halogenated alkanes) is 1. The average molecular weight is 171 g/mol. The molecule has 1 aliphatic rings. The van der Waals surface area contributed by atoms with Gasteiger partial charge in [-0.15, -0.1) is 0 Å². The molecule has 12 heavy (non-hydrogen) atoms. The van der Waals surface area contributed by atoms with Crippen LogP contribution in [0.4, 0.5) is 0 Å². The maximum atomic E-state index is 8.88. The minimum Gasteiger partial charge on any atom is -0.392 e. The summed E-state index contributed by atoms with van der Waals surface area (Å²) in [5.41, 5.74) is 1.11. The number of rotatable bonds is 4. The highest BCUT2D eigenvalue weighted by atomic mass is 16.6. The maximum absolute atomic E-state index is 8.88. The molecule has 0 aromatic rings. The van der Waals surface area contributed by atoms with Gasteiger partial charge in [0.05, 0.1) is 12.3 Å². The molecule has 1 N–H and O–H groups in total. The maximum Gasteiger partial charge on any atom is 0.158 e. The highest BCUT2D eigenvalue weighted by molar-refractivity contribution is 5.87. The summed E-state index contributed by atoms with van der Waals surface area (Å²) >= 11 is 0. The fourth-order valence-corrected chi connectivity index (χ4v) is 1.35. The fourth-order valence-electron chi connectivity index (χ4n) is 1.35. The van der Waals surface area contributed by atoms with Gasteiger partial charge in [-0.2, -0.15) is 0 Å². The Balaban J connectivity index is 2.36. The van der Waals surface area contributed by atoms with E-state index in [0.717, 1.165) is 18.6 Å². The Morgan fingerprint density at radius 3 is 2.83 bits per heavy atom. The van der Waals surface area contributed by atoms with Crippen LogP contribution in [0.15, 0.2) is 5.16 Å². The zero-order valence-corrected chi connectivity index (χ0v) is 7.79. The number of aliphatic hydroxyl groups is 1. The van der Waals surface area contributed by atoms with E-state index in [1.807, 2.05) is 0 Å². The molecule has 1 aliphatic heterocycles. The van der Waals surface area contributed by atoms with E-state index < -0.39 is 0 Å². The summed E-state index contributed by atoms with van der Waals surface area (Å²) < 4.78 is 0. The zero-order chi connectivity index (χ0) is 8.97. The molecule has 0 unspecified atom stereocenters. The van der Waals surface area contributed by atoms with Gasteiger partial charge in [-0.3, -0.25) is 0 Å². The number of nitrogens with zero attached hydrogens (tertiary/aromatic N) is 1. The highest BCUT2D eigenvalue weighted by Gasteiger charge is 2.28. The van der Waals surface area contributed by atoms with Crippen LogP contribution < -0.4 is 0 Å². The van der Waals surface area contributed by atoms with E-state index in [4.69, 9.17) is 9.94 Å². The van der Waals surface area contributed by atoms with Gasteiger partial charge < -0.3 is 9.94 Å². The lowest BCUT2D eigenvalue weighted by Crippen LogP contribution is -2.23. The second-order valence-electron chi connectivity index (χ2n) is 3.30. The first-order chi connectivity index (χ1) is 5.79. The smallest absolute Gasteiger partial charge is 0.158 e. The Labute approximate surface area is 73.4 Å². The topological polar surface area (TPSA) is 41.8 Å². The van der Waals surface area contributed by atoms with E-state index in [2.05, 4.69) is 19.0 Å². The van der Waals surface area contributed by atoms with Crippen LogP contribution in [0.1, 0.15) is 33.1 Å². The van der Waals surface area contributed by atoms with E-state index in [1.54, 1.807) is 0 Å². The quantitative estimate of drug-likeness (QED) is 0.697. The molecule has 0 aliphatic carbocycles. The van der Waals surface area contributed by atoms with Gasteiger partial charge in [0.25, 0.3) is 0 Å². The van der Waals surface area contributed by atoms with Crippen molar-refractivity contribution in [2.75, 3.05) is 6.61 Å². The van der Waals surface area contributed by atoms with Crippen LogP contribution in [0, 0.1) is 5.92 Å². The van der Waals surface area contributed by atoms with E-state index in [-0.39, 0.29) is 12.7 Å². The van der Waals surface area contributed by atoms with Crippen LogP contribution in [0.25, 0.3) is 0 Å². The highest BCUT2D eigenvalue weighted by Crippen LogP contribution is 2.20. The summed E-state index contributed by atoms with van der Waals surface area (Å²) in [4.78, 5) is 5.06. The molecule has 1 heterocycles. The molecule has 0 radical (unpaired) electrons. The van der Waals surface area contributed by atoms with E-state index in [1.165, 1.54) is 6.42 Å². The van der Waals surface area contributed by atoms with Crippen molar-refractivity contribution in [3.8, 4) is 0 Å². The Morgan fingerprint density at radius 2 is 2.33 bits per heavy atom. The Bertz CT molecular complexity index is 168. The molecule has 0 aromatic carbocycles. The van der Waals surface area contributed by atoms with Gasteiger partial charge in [-0.25, -0.2) is 0 Å². The summed E-state index contributed by atoms with van der Waals surface area (Å²) in [5, 5.41) is 12.8. The second-order valence-corrected chi connectivity index (χ2v) is 3.30. The van der Waals surface area contributed by atoms with Gasteiger partial charge >= 0.3 is 0 Å². The molecule has 0 amide bonds. The predicted molar refractivity (Wildman–Crippen MR) is 48.1 cm³/mol. The standard InChI is InChI=1S/C9H17NO2/c1-3-4-5-8-7(2)9(6-11)12-10-8/h7,9,11H,3-6H2,1-2H3/t7-,9+/m0/s1. The third-order valence-corrected chi connectivity index (χ3v) is 2.36. The first-order valence-electron chi connectivity index (χ1n) is 4.63. The molecule has 3 nitrogen and oxygen atoms in total. The Morgan fingerprint density at radius 1 is 1.58 bits per heavy atom. The van der Waals surface area contributed by atoms with Crippen LogP contribution in [0.2, 0.25) is 0 Å². The molecular formula is C9H17NO2. The lowest BCUT2D eigenvalue weighted by Gasteiger charge is -2.10. The first kappa shape index (κ1) is 9.52. The van der Waals surface area contributed by atoms with Crippen molar-refractivity contribution >= 4 is 5.71 Å². The molecular weight excluding hydrogens is 154 g/mol. The Hall–Kier alpha value is -0.570. The van der Waals surface area contributed by atoms with Crippen LogP contribution in [0.3, 0.4) is 0 Å². The normalized spacial score (nSPS) is 28.4. The monoisotopic (exact) mass is 171 g/mol. The average Bonchev–Trinajstić information content (AvgIpc) is 2.43. The molecule has 3 heteroatoms. The molecule has 0 aromatic heterocycles. The van der Waals surface area contributed by atoms with Crippen molar-refractivity contribution in [1.29, 1.82) is 0 Å². The van der Waals surface area contributed by atoms with Crippen LogP contribution in [0.5, 0.6) is 0 Å². The van der Waals surface area contributed by atoms with Crippen LogP contribution >= 0.6 is 0 Å². The molecule has 0 saturated heterocycles. The number of aliphatic hydroxyl groups excluding tert-OH is 1. The van der Waals surface area contributed by atoms with Crippen molar-refractivity contribution < 1.29 is 9.94 Å². The molecule has 2 atom stereocenters. The van der Waals surface area contributed by atoms with Gasteiger partial charge in [-0.1, -0.05) is 25.4 Å². The number of hydrogen-bond donors (Lipinski definition) is 1. The van der Waals surface area contributed by atoms with Crippen molar-refractivity contribution in [3.63, 3.8) is 0 Å². The summed E-state index contributed by atoms with van der Waals surface area (Å²) in [7, 11) is 0. The van der Waals surface area contributed by atoms with Gasteiger partial charge in [0, 0.05) is 5.92 Å².